The lowest BCUT2D eigenvalue weighted by atomic mass is 10.1. The van der Waals surface area contributed by atoms with E-state index in [1.165, 1.54) is 6.07 Å². The van der Waals surface area contributed by atoms with Gasteiger partial charge in [0, 0.05) is 0 Å². The molecule has 2 heterocycles. The lowest BCUT2D eigenvalue weighted by Gasteiger charge is -2.06. The average Bonchev–Trinajstić information content (AvgIpc) is 3.10. The zero-order chi connectivity index (χ0) is 16.8. The Morgan fingerprint density at radius 1 is 1.04 bits per heavy atom. The minimum atomic E-state index is -0.406. The lowest BCUT2D eigenvalue weighted by molar-refractivity contribution is -0.115. The van der Waals surface area contributed by atoms with Crippen molar-refractivity contribution >= 4 is 17.5 Å². The van der Waals surface area contributed by atoms with Crippen molar-refractivity contribution in [3.63, 3.8) is 0 Å². The van der Waals surface area contributed by atoms with Crippen molar-refractivity contribution in [2.75, 3.05) is 10.6 Å². The first-order valence-electron chi connectivity index (χ1n) is 7.34. The smallest absolute Gasteiger partial charge is 0.230 e. The second-order valence-corrected chi connectivity index (χ2v) is 5.05. The molecule has 6 nitrogen and oxygen atoms in total. The van der Waals surface area contributed by atoms with E-state index in [1.807, 2.05) is 6.07 Å². The summed E-state index contributed by atoms with van der Waals surface area (Å²) in [6.45, 7) is 0.487. The van der Waals surface area contributed by atoms with Gasteiger partial charge in [-0.15, -0.1) is 10.2 Å². The molecule has 7 heteroatoms. The molecule has 2 aromatic heterocycles. The Balaban J connectivity index is 1.54. The number of rotatable bonds is 6. The fourth-order valence-corrected chi connectivity index (χ4v) is 2.09. The van der Waals surface area contributed by atoms with Gasteiger partial charge in [-0.2, -0.15) is 0 Å². The highest BCUT2D eigenvalue weighted by Gasteiger charge is 2.09. The number of aromatic nitrogens is 2. The summed E-state index contributed by atoms with van der Waals surface area (Å²) in [7, 11) is 0. The largest absolute Gasteiger partial charge is 0.467 e. The number of furan rings is 1. The number of hydrogen-bond donors (Lipinski definition) is 2. The molecule has 0 bridgehead atoms. The maximum atomic E-state index is 13.5. The molecule has 0 aliphatic rings. The van der Waals surface area contributed by atoms with Crippen LogP contribution in [0.15, 0.2) is 59.2 Å². The molecule has 24 heavy (non-hydrogen) atoms. The Labute approximate surface area is 137 Å². The summed E-state index contributed by atoms with van der Waals surface area (Å²) in [4.78, 5) is 11.9. The molecule has 0 radical (unpaired) electrons. The summed E-state index contributed by atoms with van der Waals surface area (Å²) in [6.07, 6.45) is 1.53. The minimum absolute atomic E-state index is 0.0627. The van der Waals surface area contributed by atoms with Crippen LogP contribution in [0.5, 0.6) is 0 Å². The average molecular weight is 326 g/mol. The third-order valence-electron chi connectivity index (χ3n) is 3.26. The molecule has 3 aromatic rings. The Bertz CT molecular complexity index is 804. The summed E-state index contributed by atoms with van der Waals surface area (Å²) < 4.78 is 18.7. The monoisotopic (exact) mass is 326 g/mol. The van der Waals surface area contributed by atoms with Crippen LogP contribution in [0.4, 0.5) is 16.0 Å². The Kier molecular flexibility index (Phi) is 4.81. The van der Waals surface area contributed by atoms with E-state index in [4.69, 9.17) is 4.42 Å². The van der Waals surface area contributed by atoms with E-state index in [2.05, 4.69) is 20.8 Å². The van der Waals surface area contributed by atoms with Gasteiger partial charge < -0.3 is 15.1 Å². The molecular formula is C17H15FN4O2. The Hall–Kier alpha value is -3.22. The molecule has 0 atom stereocenters. The molecule has 3 rings (SSSR count). The van der Waals surface area contributed by atoms with Gasteiger partial charge in [-0.25, -0.2) is 4.39 Å². The standard InChI is InChI=1S/C17H15FN4O2/c18-14-6-2-1-4-12(14)10-17(23)20-16-8-7-15(21-22-16)19-11-13-5-3-9-24-13/h1-9H,10-11H2,(H,19,21)(H,20,22,23). The van der Waals surface area contributed by atoms with Gasteiger partial charge in [0.1, 0.15) is 17.4 Å². The Morgan fingerprint density at radius 2 is 1.83 bits per heavy atom. The van der Waals surface area contributed by atoms with Gasteiger partial charge in [-0.05, 0) is 35.9 Å². The maximum Gasteiger partial charge on any atom is 0.230 e. The van der Waals surface area contributed by atoms with Crippen molar-refractivity contribution in [3.8, 4) is 0 Å². The van der Waals surface area contributed by atoms with Gasteiger partial charge in [0.2, 0.25) is 5.91 Å². The number of halogens is 1. The van der Waals surface area contributed by atoms with Crippen molar-refractivity contribution < 1.29 is 13.6 Å². The van der Waals surface area contributed by atoms with E-state index in [1.54, 1.807) is 42.7 Å². The molecule has 0 unspecified atom stereocenters. The highest BCUT2D eigenvalue weighted by atomic mass is 19.1. The summed E-state index contributed by atoms with van der Waals surface area (Å²) >= 11 is 0. The maximum absolute atomic E-state index is 13.5. The van der Waals surface area contributed by atoms with Crippen LogP contribution >= 0.6 is 0 Å². The van der Waals surface area contributed by atoms with Crippen LogP contribution in [-0.4, -0.2) is 16.1 Å². The van der Waals surface area contributed by atoms with E-state index in [-0.39, 0.29) is 12.3 Å². The summed E-state index contributed by atoms with van der Waals surface area (Å²) in [5.41, 5.74) is 0.333. The summed E-state index contributed by atoms with van der Waals surface area (Å²) in [5, 5.41) is 13.5. The van der Waals surface area contributed by atoms with Crippen LogP contribution in [0.3, 0.4) is 0 Å². The first kappa shape index (κ1) is 15.7. The zero-order valence-electron chi connectivity index (χ0n) is 12.7. The number of nitrogens with one attached hydrogen (secondary N) is 2. The van der Waals surface area contributed by atoms with E-state index in [9.17, 15) is 9.18 Å². The summed E-state index contributed by atoms with van der Waals surface area (Å²) in [6, 6.07) is 13.1. The van der Waals surface area contributed by atoms with Crippen molar-refractivity contribution in [2.24, 2.45) is 0 Å². The summed E-state index contributed by atoms with van der Waals surface area (Å²) in [5.74, 6) is 0.874. The topological polar surface area (TPSA) is 80.0 Å². The van der Waals surface area contributed by atoms with Crippen LogP contribution in [-0.2, 0) is 17.8 Å². The molecule has 1 amide bonds. The third-order valence-corrected chi connectivity index (χ3v) is 3.26. The van der Waals surface area contributed by atoms with E-state index < -0.39 is 5.82 Å². The predicted molar refractivity (Wildman–Crippen MR) is 86.8 cm³/mol. The normalized spacial score (nSPS) is 10.4. The predicted octanol–water partition coefficient (Wildman–Crippen LogP) is 3.00. The number of amides is 1. The van der Waals surface area contributed by atoms with Gasteiger partial charge in [0.15, 0.2) is 5.82 Å². The van der Waals surface area contributed by atoms with E-state index >= 15 is 0 Å². The molecule has 0 aliphatic carbocycles. The van der Waals surface area contributed by atoms with Crippen molar-refractivity contribution in [2.45, 2.75) is 13.0 Å². The van der Waals surface area contributed by atoms with Gasteiger partial charge in [0.25, 0.3) is 0 Å². The molecule has 0 saturated carbocycles. The van der Waals surface area contributed by atoms with Crippen molar-refractivity contribution in [1.29, 1.82) is 0 Å². The number of nitrogens with zero attached hydrogens (tertiary/aromatic N) is 2. The molecule has 122 valence electrons. The first-order valence-corrected chi connectivity index (χ1v) is 7.34. The fourth-order valence-electron chi connectivity index (χ4n) is 2.09. The van der Waals surface area contributed by atoms with Crippen molar-refractivity contribution in [1.82, 2.24) is 10.2 Å². The molecule has 2 N–H and O–H groups in total. The number of carbonyl (C=O) groups is 1. The zero-order valence-corrected chi connectivity index (χ0v) is 12.7. The second-order valence-electron chi connectivity index (χ2n) is 5.05. The van der Waals surface area contributed by atoms with Crippen LogP contribution < -0.4 is 10.6 Å². The lowest BCUT2D eigenvalue weighted by Crippen LogP contribution is -2.16. The van der Waals surface area contributed by atoms with Crippen LogP contribution in [0.25, 0.3) is 0 Å². The van der Waals surface area contributed by atoms with Crippen LogP contribution in [0, 0.1) is 5.82 Å². The Morgan fingerprint density at radius 3 is 2.54 bits per heavy atom. The molecule has 0 spiro atoms. The SMILES string of the molecule is O=C(Cc1ccccc1F)Nc1ccc(NCc2ccco2)nn1. The van der Waals surface area contributed by atoms with Crippen molar-refractivity contribution in [3.05, 3.63) is 71.9 Å². The van der Waals surface area contributed by atoms with Gasteiger partial charge in [-0.1, -0.05) is 18.2 Å². The minimum Gasteiger partial charge on any atom is -0.467 e. The second kappa shape index (κ2) is 7.36. The number of hydrogen-bond acceptors (Lipinski definition) is 5. The van der Waals surface area contributed by atoms with E-state index in [0.29, 0.717) is 23.7 Å². The molecular weight excluding hydrogens is 311 g/mol. The van der Waals surface area contributed by atoms with E-state index in [0.717, 1.165) is 5.76 Å². The van der Waals surface area contributed by atoms with Crippen LogP contribution in [0.2, 0.25) is 0 Å². The van der Waals surface area contributed by atoms with Gasteiger partial charge >= 0.3 is 0 Å². The molecule has 0 aliphatic heterocycles. The van der Waals surface area contributed by atoms with Crippen LogP contribution in [0.1, 0.15) is 11.3 Å². The number of benzene rings is 1. The molecule has 0 fully saturated rings. The van der Waals surface area contributed by atoms with Gasteiger partial charge in [0.05, 0.1) is 19.2 Å². The fraction of sp³-hybridized carbons (Fsp3) is 0.118. The highest BCUT2D eigenvalue weighted by Crippen LogP contribution is 2.11. The highest BCUT2D eigenvalue weighted by molar-refractivity contribution is 5.91. The molecule has 1 aromatic carbocycles. The van der Waals surface area contributed by atoms with Gasteiger partial charge in [-0.3, -0.25) is 4.79 Å². The number of carbonyl (C=O) groups excluding carboxylic acids is 1. The quantitative estimate of drug-likeness (QED) is 0.728. The first-order chi connectivity index (χ1) is 11.7. The number of anilines is 2. The molecule has 0 saturated heterocycles. The third kappa shape index (κ3) is 4.16.